The summed E-state index contributed by atoms with van der Waals surface area (Å²) in [5.41, 5.74) is 4.73. The fourth-order valence-corrected chi connectivity index (χ4v) is 5.69. The fraction of sp³-hybridized carbons (Fsp3) is 0.0588. The molecular weight excluding hydrogens is 587 g/mol. The Hall–Kier alpha value is -6.07. The van der Waals surface area contributed by atoms with Crippen LogP contribution in [0.25, 0.3) is 49.6 Å². The number of benzene rings is 4. The Morgan fingerprint density at radius 2 is 1.44 bits per heavy atom. The van der Waals surface area contributed by atoms with Gasteiger partial charge in [-0.1, -0.05) is 30.3 Å². The van der Waals surface area contributed by atoms with E-state index in [-0.39, 0.29) is 17.1 Å². The highest BCUT2D eigenvalue weighted by Crippen LogP contribution is 2.48. The van der Waals surface area contributed by atoms with Crippen LogP contribution >= 0.6 is 0 Å². The SMILES string of the molecule is [C-]#[N+]C=[N+]1c2cc(-c3ccc(F)c(C)c3)ccc2-c2nc3c(nc21)-c1ccc(-c2ccc(F)c(C(F)(F)F)c2)cc1C3=NC#N. The maximum Gasteiger partial charge on any atom is 0.419 e. The third kappa shape index (κ3) is 4.36. The monoisotopic (exact) mass is 603 g/mol. The lowest BCUT2D eigenvalue weighted by Crippen LogP contribution is -2.08. The molecule has 7 rings (SSSR count). The van der Waals surface area contributed by atoms with Gasteiger partial charge in [0.1, 0.15) is 35.3 Å². The highest BCUT2D eigenvalue weighted by Gasteiger charge is 2.40. The Morgan fingerprint density at radius 1 is 0.800 bits per heavy atom. The molecule has 1 aliphatic heterocycles. The van der Waals surface area contributed by atoms with Gasteiger partial charge in [0.05, 0.1) is 11.1 Å². The third-order valence-electron chi connectivity index (χ3n) is 7.80. The first-order valence-electron chi connectivity index (χ1n) is 13.4. The Labute approximate surface area is 252 Å². The van der Waals surface area contributed by atoms with E-state index < -0.39 is 17.6 Å². The molecule has 0 saturated heterocycles. The van der Waals surface area contributed by atoms with Gasteiger partial charge in [0.25, 0.3) is 0 Å². The van der Waals surface area contributed by atoms with E-state index in [1.54, 1.807) is 48.0 Å². The van der Waals surface area contributed by atoms with E-state index in [4.69, 9.17) is 16.5 Å². The van der Waals surface area contributed by atoms with E-state index in [9.17, 15) is 27.2 Å². The van der Waals surface area contributed by atoms with Gasteiger partial charge in [0.15, 0.2) is 5.69 Å². The van der Waals surface area contributed by atoms with Gasteiger partial charge in [-0.2, -0.15) is 37.8 Å². The number of aromatic nitrogens is 2. The average Bonchev–Trinajstić information content (AvgIpc) is 3.48. The molecule has 45 heavy (non-hydrogen) atoms. The molecule has 0 N–H and O–H groups in total. The van der Waals surface area contributed by atoms with Crippen LogP contribution < -0.4 is 4.58 Å². The van der Waals surface area contributed by atoms with Crippen LogP contribution in [0.15, 0.2) is 77.8 Å². The van der Waals surface area contributed by atoms with E-state index in [1.807, 2.05) is 18.2 Å². The molecule has 4 aromatic carbocycles. The Bertz CT molecular complexity index is 2270. The molecule has 216 valence electrons. The zero-order valence-corrected chi connectivity index (χ0v) is 23.1. The van der Waals surface area contributed by atoms with Crippen LogP contribution in [-0.4, -0.2) is 22.0 Å². The van der Waals surface area contributed by atoms with Crippen molar-refractivity contribution < 1.29 is 22.0 Å². The van der Waals surface area contributed by atoms with Crippen LogP contribution in [0, 0.1) is 36.6 Å². The van der Waals surface area contributed by atoms with Crippen LogP contribution in [0.1, 0.15) is 22.4 Å². The summed E-state index contributed by atoms with van der Waals surface area (Å²) in [5.74, 6) is -1.33. The molecule has 0 atom stereocenters. The number of hydrogen-bond acceptors (Lipinski definition) is 4. The molecule has 1 aromatic heterocycles. The first-order valence-corrected chi connectivity index (χ1v) is 13.4. The second-order valence-electron chi connectivity index (χ2n) is 10.4. The zero-order valence-electron chi connectivity index (χ0n) is 23.1. The summed E-state index contributed by atoms with van der Waals surface area (Å²) in [7, 11) is 0. The van der Waals surface area contributed by atoms with Crippen LogP contribution in [0.3, 0.4) is 0 Å². The van der Waals surface area contributed by atoms with Crippen molar-refractivity contribution >= 4 is 23.6 Å². The molecule has 0 unspecified atom stereocenters. The molecule has 2 heterocycles. The van der Waals surface area contributed by atoms with E-state index in [2.05, 4.69) is 9.84 Å². The van der Waals surface area contributed by atoms with Crippen molar-refractivity contribution in [2.75, 3.05) is 0 Å². The molecule has 11 heteroatoms. The summed E-state index contributed by atoms with van der Waals surface area (Å²) < 4.78 is 69.7. The average molecular weight is 604 g/mol. The predicted octanol–water partition coefficient (Wildman–Crippen LogP) is 8.48. The molecule has 0 bridgehead atoms. The van der Waals surface area contributed by atoms with Crippen molar-refractivity contribution in [3.05, 3.63) is 118 Å². The van der Waals surface area contributed by atoms with Gasteiger partial charge in [0, 0.05) is 17.2 Å². The van der Waals surface area contributed by atoms with Gasteiger partial charge in [-0.25, -0.2) is 13.8 Å². The molecule has 0 saturated carbocycles. The van der Waals surface area contributed by atoms with Gasteiger partial charge >= 0.3 is 18.3 Å². The van der Waals surface area contributed by atoms with Crippen molar-refractivity contribution in [3.8, 4) is 51.0 Å². The zero-order chi connectivity index (χ0) is 31.6. The number of aliphatic imine (C=N–C) groups is 1. The smallest absolute Gasteiger partial charge is 0.235 e. The first-order chi connectivity index (χ1) is 21.6. The Balaban J connectivity index is 1.37. The summed E-state index contributed by atoms with van der Waals surface area (Å²) in [6.45, 7) is 9.22. The van der Waals surface area contributed by atoms with Gasteiger partial charge in [-0.05, 0) is 71.1 Å². The van der Waals surface area contributed by atoms with Crippen molar-refractivity contribution in [1.29, 1.82) is 5.26 Å². The minimum atomic E-state index is -4.88. The highest BCUT2D eigenvalue weighted by atomic mass is 19.4. The van der Waals surface area contributed by atoms with E-state index in [0.29, 0.717) is 56.4 Å². The number of hydrogen-bond donors (Lipinski definition) is 0. The summed E-state index contributed by atoms with van der Waals surface area (Å²) in [6, 6.07) is 17.9. The minimum absolute atomic E-state index is 0.126. The van der Waals surface area contributed by atoms with Crippen LogP contribution in [-0.2, 0) is 6.18 Å². The largest absolute Gasteiger partial charge is 0.419 e. The molecule has 5 aromatic rings. The number of halogens is 5. The lowest BCUT2D eigenvalue weighted by Gasteiger charge is -2.11. The predicted molar refractivity (Wildman–Crippen MR) is 159 cm³/mol. The summed E-state index contributed by atoms with van der Waals surface area (Å²) in [6.07, 6.45) is -1.82. The summed E-state index contributed by atoms with van der Waals surface area (Å²) in [4.78, 5) is 17.2. The second-order valence-corrected chi connectivity index (χ2v) is 10.4. The highest BCUT2D eigenvalue weighted by molar-refractivity contribution is 6.24. The Morgan fingerprint density at radius 3 is 2.13 bits per heavy atom. The van der Waals surface area contributed by atoms with Crippen LogP contribution in [0.5, 0.6) is 0 Å². The molecule has 0 spiro atoms. The van der Waals surface area contributed by atoms with Crippen molar-refractivity contribution in [2.24, 2.45) is 4.99 Å². The van der Waals surface area contributed by atoms with Crippen molar-refractivity contribution in [2.45, 2.75) is 13.1 Å². The number of nitriles is 1. The second kappa shape index (κ2) is 10.00. The number of nitrogens with zero attached hydrogens (tertiary/aromatic N) is 6. The van der Waals surface area contributed by atoms with Crippen molar-refractivity contribution in [1.82, 2.24) is 14.5 Å². The topological polar surface area (TPSA) is 69.3 Å². The normalized spacial score (nSPS) is 14.5. The van der Waals surface area contributed by atoms with Gasteiger partial charge < -0.3 is 0 Å². The molecule has 0 amide bonds. The molecule has 0 fully saturated rings. The third-order valence-corrected chi connectivity index (χ3v) is 7.80. The van der Waals surface area contributed by atoms with E-state index in [1.165, 1.54) is 18.5 Å². The summed E-state index contributed by atoms with van der Waals surface area (Å²) >= 11 is 0. The summed E-state index contributed by atoms with van der Waals surface area (Å²) in [5, 5.41) is 9.54. The standard InChI is InChI=1S/C34H16F5N6/c1-17-11-18(5-9-26(17)35)21-4-8-23-28(14-21)45(16-41-2)33-31(23)43-32-29(42-15-40)24-12-19(3-7-22(24)30(32)44-33)20-6-10-27(36)25(13-20)34(37,38)39/h3-14,16H,1H3/q+1. The molecule has 1 aliphatic carbocycles. The molecular formula is C34H16F5N6+. The maximum atomic E-state index is 14.0. The van der Waals surface area contributed by atoms with Crippen molar-refractivity contribution in [3.63, 3.8) is 0 Å². The molecule has 0 radical (unpaired) electrons. The van der Waals surface area contributed by atoms with Gasteiger partial charge in [0.2, 0.25) is 11.9 Å². The van der Waals surface area contributed by atoms with E-state index >= 15 is 0 Å². The molecule has 6 nitrogen and oxygen atoms in total. The minimum Gasteiger partial charge on any atom is -0.235 e. The quantitative estimate of drug-likeness (QED) is 0.0655. The number of aryl methyl sites for hydroxylation is 1. The Kier molecular flexibility index (Phi) is 6.16. The van der Waals surface area contributed by atoms with E-state index in [0.717, 1.165) is 23.3 Å². The maximum absolute atomic E-state index is 14.0. The lowest BCUT2D eigenvalue weighted by atomic mass is 9.98. The number of rotatable bonds is 2. The number of alkyl halides is 3. The lowest BCUT2D eigenvalue weighted by molar-refractivity contribution is -0.139. The number of fused-ring (bicyclic) bond motifs is 6. The fourth-order valence-electron chi connectivity index (χ4n) is 5.69. The van der Waals surface area contributed by atoms with Crippen LogP contribution in [0.4, 0.5) is 33.5 Å². The van der Waals surface area contributed by atoms with Gasteiger partial charge in [-0.15, -0.1) is 0 Å². The van der Waals surface area contributed by atoms with Gasteiger partial charge in [-0.3, -0.25) is 0 Å². The molecule has 2 aliphatic rings. The first kappa shape index (κ1) is 27.7. The van der Waals surface area contributed by atoms with Crippen LogP contribution in [0.2, 0.25) is 0 Å².